The molecule has 0 N–H and O–H groups in total. The van der Waals surface area contributed by atoms with Gasteiger partial charge in [0.15, 0.2) is 5.06 Å². The largest absolute Gasteiger partial charge is 0.481 e. The van der Waals surface area contributed by atoms with E-state index in [0.29, 0.717) is 0 Å². The van der Waals surface area contributed by atoms with E-state index in [9.17, 15) is 0 Å². The number of aryl methyl sites for hydroxylation is 2. The summed E-state index contributed by atoms with van der Waals surface area (Å²) < 4.78 is 5.81. The number of halogens is 3. The third-order valence-electron chi connectivity index (χ3n) is 4.23. The van der Waals surface area contributed by atoms with Crippen LogP contribution in [0.3, 0.4) is 0 Å². The number of thiazole rings is 1. The molecule has 0 amide bonds. The van der Waals surface area contributed by atoms with Crippen molar-refractivity contribution in [3.05, 3.63) is 40.0 Å². The van der Waals surface area contributed by atoms with Crippen LogP contribution in [0.4, 0.5) is 5.69 Å². The molecule has 1 aliphatic heterocycles. The van der Waals surface area contributed by atoms with Crippen LogP contribution < -0.4 is 9.64 Å². The van der Waals surface area contributed by atoms with Crippen molar-refractivity contribution in [3.63, 3.8) is 0 Å². The first-order valence-corrected chi connectivity index (χ1v) is 9.15. The average Bonchev–Trinajstić information content (AvgIpc) is 2.96. The molecule has 140 valence electrons. The number of hydrogen-bond donors (Lipinski definition) is 0. The number of hydrogen-bond acceptors (Lipinski definition) is 5. The summed E-state index contributed by atoms with van der Waals surface area (Å²) in [4.78, 5) is 9.08. The van der Waals surface area contributed by atoms with E-state index in [1.807, 2.05) is 18.5 Å². The third kappa shape index (κ3) is 5.90. The number of nitrogens with zero attached hydrogens (tertiary/aromatic N) is 3. The minimum atomic E-state index is 0. The number of benzene rings is 1. The highest BCUT2D eigenvalue weighted by Gasteiger charge is 2.18. The van der Waals surface area contributed by atoms with Crippen molar-refractivity contribution < 1.29 is 4.74 Å². The fourth-order valence-electron chi connectivity index (χ4n) is 2.83. The Labute approximate surface area is 171 Å². The average molecular weight is 425 g/mol. The lowest BCUT2D eigenvalue weighted by Gasteiger charge is -2.36. The van der Waals surface area contributed by atoms with Gasteiger partial charge in [0.2, 0.25) is 0 Å². The Bertz CT molecular complexity index is 660. The molecule has 2 aromatic rings. The van der Waals surface area contributed by atoms with E-state index in [2.05, 4.69) is 33.8 Å². The Morgan fingerprint density at radius 1 is 1.16 bits per heavy atom. The molecule has 2 heterocycles. The maximum Gasteiger partial charge on any atom is 0.196 e. The minimum absolute atomic E-state index is 0. The molecule has 0 unspecified atom stereocenters. The second-order valence-corrected chi connectivity index (χ2v) is 7.09. The van der Waals surface area contributed by atoms with Gasteiger partial charge in [-0.2, -0.15) is 0 Å². The van der Waals surface area contributed by atoms with Crippen LogP contribution >= 0.6 is 47.8 Å². The van der Waals surface area contributed by atoms with E-state index in [1.54, 1.807) is 11.3 Å². The zero-order valence-corrected chi connectivity index (χ0v) is 17.6. The first-order chi connectivity index (χ1) is 11.1. The van der Waals surface area contributed by atoms with Gasteiger partial charge in [-0.3, -0.25) is 4.90 Å². The molecule has 0 radical (unpaired) electrons. The van der Waals surface area contributed by atoms with Crippen LogP contribution in [-0.4, -0.2) is 49.2 Å². The Hall–Kier alpha value is -0.720. The summed E-state index contributed by atoms with van der Waals surface area (Å²) in [5.41, 5.74) is 5.35. The summed E-state index contributed by atoms with van der Waals surface area (Å²) >= 11 is 7.70. The zero-order chi connectivity index (χ0) is 16.2. The van der Waals surface area contributed by atoms with Crippen LogP contribution in [0.5, 0.6) is 5.06 Å². The molecule has 0 saturated carbocycles. The normalized spacial score (nSPS) is 14.6. The molecule has 0 spiro atoms. The van der Waals surface area contributed by atoms with Gasteiger partial charge in [-0.1, -0.05) is 29.0 Å². The zero-order valence-electron chi connectivity index (χ0n) is 14.4. The van der Waals surface area contributed by atoms with E-state index >= 15 is 0 Å². The standard InChI is InChI=1S/C17H22ClN3OS.2ClH/c1-13-3-4-15(18)11-16(13)21-7-5-20(6-8-21)9-10-22-17-14(2)19-12-23-17;;/h3-4,11-12H,5-10H2,1-2H3;2*1H. The SMILES string of the molecule is Cc1ccc(Cl)cc1N1CCN(CCOc2scnc2C)CC1.Cl.Cl. The second-order valence-electron chi connectivity index (χ2n) is 5.83. The van der Waals surface area contributed by atoms with Gasteiger partial charge in [0.1, 0.15) is 6.61 Å². The monoisotopic (exact) mass is 423 g/mol. The van der Waals surface area contributed by atoms with E-state index in [1.165, 1.54) is 11.3 Å². The lowest BCUT2D eigenvalue weighted by atomic mass is 10.1. The lowest BCUT2D eigenvalue weighted by Crippen LogP contribution is -2.47. The molecule has 1 fully saturated rings. The molecule has 25 heavy (non-hydrogen) atoms. The van der Waals surface area contributed by atoms with Crippen LogP contribution in [0.25, 0.3) is 0 Å². The van der Waals surface area contributed by atoms with Crippen molar-refractivity contribution in [3.8, 4) is 5.06 Å². The van der Waals surface area contributed by atoms with Crippen molar-refractivity contribution in [2.45, 2.75) is 13.8 Å². The van der Waals surface area contributed by atoms with Crippen molar-refractivity contribution in [2.24, 2.45) is 0 Å². The fourth-order valence-corrected chi connectivity index (χ4v) is 3.68. The van der Waals surface area contributed by atoms with Gasteiger partial charge in [-0.25, -0.2) is 4.98 Å². The molecular formula is C17H24Cl3N3OS. The first-order valence-electron chi connectivity index (χ1n) is 7.90. The fraction of sp³-hybridized carbons (Fsp3) is 0.471. The number of piperazine rings is 1. The Balaban J connectivity index is 0.00000156. The lowest BCUT2D eigenvalue weighted by molar-refractivity contribution is 0.202. The number of aromatic nitrogens is 1. The molecule has 1 aliphatic rings. The number of rotatable bonds is 5. The maximum absolute atomic E-state index is 6.14. The van der Waals surface area contributed by atoms with Crippen molar-refractivity contribution in [2.75, 3.05) is 44.2 Å². The van der Waals surface area contributed by atoms with Gasteiger partial charge in [0.25, 0.3) is 0 Å². The molecule has 1 aromatic heterocycles. The van der Waals surface area contributed by atoms with Crippen LogP contribution in [0.2, 0.25) is 5.02 Å². The van der Waals surface area contributed by atoms with Crippen molar-refractivity contribution >= 4 is 53.4 Å². The molecule has 1 aromatic carbocycles. The van der Waals surface area contributed by atoms with E-state index < -0.39 is 0 Å². The van der Waals surface area contributed by atoms with E-state index in [4.69, 9.17) is 16.3 Å². The molecule has 0 bridgehead atoms. The summed E-state index contributed by atoms with van der Waals surface area (Å²) in [6.07, 6.45) is 0. The van der Waals surface area contributed by atoms with Crippen LogP contribution in [0.1, 0.15) is 11.3 Å². The highest BCUT2D eigenvalue weighted by atomic mass is 35.5. The van der Waals surface area contributed by atoms with Crippen LogP contribution in [0, 0.1) is 13.8 Å². The summed E-state index contributed by atoms with van der Waals surface area (Å²) in [7, 11) is 0. The molecule has 0 atom stereocenters. The number of anilines is 1. The molecule has 1 saturated heterocycles. The predicted molar refractivity (Wildman–Crippen MR) is 112 cm³/mol. The van der Waals surface area contributed by atoms with E-state index in [-0.39, 0.29) is 24.8 Å². The van der Waals surface area contributed by atoms with Crippen molar-refractivity contribution in [1.29, 1.82) is 0 Å². The van der Waals surface area contributed by atoms with E-state index in [0.717, 1.165) is 55.1 Å². The predicted octanol–water partition coefficient (Wildman–Crippen LogP) is 4.46. The molecule has 4 nitrogen and oxygen atoms in total. The Morgan fingerprint density at radius 2 is 1.88 bits per heavy atom. The highest BCUT2D eigenvalue weighted by Crippen LogP contribution is 2.25. The van der Waals surface area contributed by atoms with Gasteiger partial charge >= 0.3 is 0 Å². The third-order valence-corrected chi connectivity index (χ3v) is 5.30. The van der Waals surface area contributed by atoms with Gasteiger partial charge in [0, 0.05) is 43.4 Å². The summed E-state index contributed by atoms with van der Waals surface area (Å²) in [5, 5.41) is 1.75. The topological polar surface area (TPSA) is 28.6 Å². The van der Waals surface area contributed by atoms with Gasteiger partial charge in [-0.05, 0) is 31.5 Å². The smallest absolute Gasteiger partial charge is 0.196 e. The summed E-state index contributed by atoms with van der Waals surface area (Å²) in [6.45, 7) is 9.97. The molecule has 3 rings (SSSR count). The quantitative estimate of drug-likeness (QED) is 0.708. The number of ether oxygens (including phenoxy) is 1. The second kappa shape index (κ2) is 10.4. The summed E-state index contributed by atoms with van der Waals surface area (Å²) in [5.74, 6) is 0. The molecular weight excluding hydrogens is 401 g/mol. The van der Waals surface area contributed by atoms with Crippen LogP contribution in [-0.2, 0) is 0 Å². The summed E-state index contributed by atoms with van der Waals surface area (Å²) in [6, 6.07) is 6.12. The first kappa shape index (κ1) is 22.3. The Kier molecular flexibility index (Phi) is 9.32. The molecule has 0 aliphatic carbocycles. The van der Waals surface area contributed by atoms with Crippen molar-refractivity contribution in [1.82, 2.24) is 9.88 Å². The van der Waals surface area contributed by atoms with Crippen LogP contribution in [0.15, 0.2) is 23.7 Å². The highest BCUT2D eigenvalue weighted by molar-refractivity contribution is 7.11. The van der Waals surface area contributed by atoms with Gasteiger partial charge < -0.3 is 9.64 Å². The minimum Gasteiger partial charge on any atom is -0.481 e. The van der Waals surface area contributed by atoms with Gasteiger partial charge in [-0.15, -0.1) is 24.8 Å². The molecule has 8 heteroatoms. The van der Waals surface area contributed by atoms with Gasteiger partial charge in [0.05, 0.1) is 11.2 Å². The Morgan fingerprint density at radius 3 is 2.52 bits per heavy atom. The maximum atomic E-state index is 6.14.